The van der Waals surface area contributed by atoms with E-state index in [-0.39, 0.29) is 34.0 Å². The van der Waals surface area contributed by atoms with E-state index < -0.39 is 28.6 Å². The number of hydrogen-bond acceptors (Lipinski definition) is 8. The van der Waals surface area contributed by atoms with Gasteiger partial charge in [0.05, 0.1) is 23.2 Å². The number of carbonyl (C=O) groups excluding carboxylic acids is 2. The van der Waals surface area contributed by atoms with Gasteiger partial charge in [-0.05, 0) is 53.1 Å². The molecule has 7 aromatic rings. The predicted molar refractivity (Wildman–Crippen MR) is 192 cm³/mol. The standard InChI is InChI=1S/C39H25FN4O4S2/c1-22-13-15-23(16-14-22)20-43-30-12-5-4-11-29(30)39(36(43)47)32-33(45)28-19-26(40)17-18-31(28)48-34(32)35(46)44(39)37-41-42-38(50-37)49-21-25-9-6-8-24-7-2-3-10-27(24)25/h2-19H,20-21H2,1H3. The van der Waals surface area contributed by atoms with Crippen LogP contribution in [0.1, 0.15) is 38.4 Å². The van der Waals surface area contributed by atoms with Crippen LogP contribution < -0.4 is 15.2 Å². The number of para-hydroxylation sites is 1. The highest BCUT2D eigenvalue weighted by Crippen LogP contribution is 2.55. The molecule has 1 atom stereocenters. The van der Waals surface area contributed by atoms with Crippen LogP contribution in [0.25, 0.3) is 21.7 Å². The Hall–Kier alpha value is -5.65. The molecule has 50 heavy (non-hydrogen) atoms. The minimum atomic E-state index is -1.97. The van der Waals surface area contributed by atoms with E-state index in [2.05, 4.69) is 34.5 Å². The molecule has 1 unspecified atom stereocenters. The van der Waals surface area contributed by atoms with Gasteiger partial charge in [-0.2, -0.15) is 0 Å². The first-order valence-electron chi connectivity index (χ1n) is 15.9. The second-order valence-electron chi connectivity index (χ2n) is 12.3. The Balaban J connectivity index is 1.20. The van der Waals surface area contributed by atoms with Gasteiger partial charge in [-0.25, -0.2) is 4.39 Å². The van der Waals surface area contributed by atoms with Crippen LogP contribution >= 0.6 is 23.1 Å². The third-order valence-electron chi connectivity index (χ3n) is 9.37. The molecule has 0 saturated carbocycles. The number of nitrogens with zero attached hydrogens (tertiary/aromatic N) is 4. The minimum Gasteiger partial charge on any atom is -0.450 e. The first-order valence-corrected chi connectivity index (χ1v) is 17.7. The van der Waals surface area contributed by atoms with Crippen molar-refractivity contribution in [3.05, 3.63) is 159 Å². The third kappa shape index (κ3) is 4.46. The number of hydrogen-bond donors (Lipinski definition) is 0. The SMILES string of the molecule is Cc1ccc(CN2C(=O)C3(c4ccccc42)c2c(oc4ccc(F)cc4c2=O)C(=O)N3c2nnc(SCc3cccc4ccccc34)s2)cc1. The maximum atomic E-state index is 15.2. The molecular formula is C39H25FN4O4S2. The molecule has 0 saturated heterocycles. The first-order chi connectivity index (χ1) is 24.3. The highest BCUT2D eigenvalue weighted by molar-refractivity contribution is 8.00. The van der Waals surface area contributed by atoms with Gasteiger partial charge in [0.1, 0.15) is 11.4 Å². The molecule has 9 rings (SSSR count). The molecule has 0 aliphatic carbocycles. The van der Waals surface area contributed by atoms with Crippen LogP contribution in [-0.2, 0) is 22.6 Å². The van der Waals surface area contributed by atoms with Crippen LogP contribution in [0.3, 0.4) is 0 Å². The normalized spacial score (nSPS) is 16.6. The van der Waals surface area contributed by atoms with Crippen molar-refractivity contribution in [1.29, 1.82) is 0 Å². The van der Waals surface area contributed by atoms with E-state index in [1.807, 2.05) is 49.4 Å². The second-order valence-corrected chi connectivity index (χ2v) is 14.5. The van der Waals surface area contributed by atoms with Crippen LogP contribution in [-0.4, -0.2) is 22.0 Å². The smallest absolute Gasteiger partial charge is 0.297 e. The molecule has 0 N–H and O–H groups in total. The second kappa shape index (κ2) is 11.5. The zero-order chi connectivity index (χ0) is 34.1. The van der Waals surface area contributed by atoms with E-state index in [0.29, 0.717) is 21.3 Å². The maximum Gasteiger partial charge on any atom is 0.297 e. The van der Waals surface area contributed by atoms with E-state index in [1.54, 1.807) is 29.2 Å². The summed E-state index contributed by atoms with van der Waals surface area (Å²) in [5.74, 6) is -1.55. The summed E-state index contributed by atoms with van der Waals surface area (Å²) in [6.45, 7) is 2.17. The van der Waals surface area contributed by atoms with Gasteiger partial charge in [-0.15, -0.1) is 10.2 Å². The Morgan fingerprint density at radius 2 is 1.64 bits per heavy atom. The number of aryl methyl sites for hydroxylation is 1. The number of benzene rings is 5. The molecule has 0 fully saturated rings. The summed E-state index contributed by atoms with van der Waals surface area (Å²) in [7, 11) is 0. The van der Waals surface area contributed by atoms with E-state index in [1.165, 1.54) is 22.7 Å². The number of amides is 2. The van der Waals surface area contributed by atoms with Gasteiger partial charge < -0.3 is 9.32 Å². The fourth-order valence-corrected chi connectivity index (χ4v) is 8.97. The van der Waals surface area contributed by atoms with Gasteiger partial charge in [-0.1, -0.05) is 114 Å². The molecule has 2 aliphatic rings. The fraction of sp³-hybridized carbons (Fsp3) is 0.103. The lowest BCUT2D eigenvalue weighted by Crippen LogP contribution is -2.53. The number of anilines is 2. The highest BCUT2D eigenvalue weighted by Gasteiger charge is 2.66. The van der Waals surface area contributed by atoms with Crippen molar-refractivity contribution in [2.45, 2.75) is 29.1 Å². The lowest BCUT2D eigenvalue weighted by atomic mass is 9.84. The van der Waals surface area contributed by atoms with E-state index in [9.17, 15) is 14.0 Å². The quantitative estimate of drug-likeness (QED) is 0.129. The molecule has 11 heteroatoms. The topological polar surface area (TPSA) is 96.6 Å². The average Bonchev–Trinajstić information content (AvgIpc) is 3.77. The monoisotopic (exact) mass is 696 g/mol. The molecule has 4 heterocycles. The molecular weight excluding hydrogens is 672 g/mol. The molecule has 2 aliphatic heterocycles. The van der Waals surface area contributed by atoms with E-state index >= 15 is 4.79 Å². The Bertz CT molecular complexity index is 2600. The maximum absolute atomic E-state index is 15.2. The van der Waals surface area contributed by atoms with Crippen LogP contribution in [0.5, 0.6) is 0 Å². The van der Waals surface area contributed by atoms with E-state index in [0.717, 1.165) is 50.9 Å². The summed E-state index contributed by atoms with van der Waals surface area (Å²) in [5, 5.41) is 11.2. The van der Waals surface area contributed by atoms with Gasteiger partial charge >= 0.3 is 0 Å². The van der Waals surface area contributed by atoms with Crippen molar-refractivity contribution in [2.24, 2.45) is 0 Å². The zero-order valence-corrected chi connectivity index (χ0v) is 28.1. The minimum absolute atomic E-state index is 0.0411. The van der Waals surface area contributed by atoms with Crippen molar-refractivity contribution in [2.75, 3.05) is 9.80 Å². The predicted octanol–water partition coefficient (Wildman–Crippen LogP) is 7.99. The van der Waals surface area contributed by atoms with Gasteiger partial charge in [0.25, 0.3) is 11.8 Å². The molecule has 1 spiro atoms. The van der Waals surface area contributed by atoms with Crippen LogP contribution in [0, 0.1) is 12.7 Å². The summed E-state index contributed by atoms with van der Waals surface area (Å²) >= 11 is 2.62. The summed E-state index contributed by atoms with van der Waals surface area (Å²) < 4.78 is 21.2. The molecule has 244 valence electrons. The van der Waals surface area contributed by atoms with Crippen molar-refractivity contribution >= 4 is 67.5 Å². The van der Waals surface area contributed by atoms with Crippen molar-refractivity contribution < 1.29 is 18.4 Å². The summed E-state index contributed by atoms with van der Waals surface area (Å²) in [4.78, 5) is 47.1. The highest BCUT2D eigenvalue weighted by atomic mass is 32.2. The largest absolute Gasteiger partial charge is 0.450 e. The summed E-state index contributed by atoms with van der Waals surface area (Å²) in [5.41, 5.74) is 1.27. The lowest BCUT2D eigenvalue weighted by Gasteiger charge is -2.32. The lowest BCUT2D eigenvalue weighted by molar-refractivity contribution is -0.121. The van der Waals surface area contributed by atoms with Crippen molar-refractivity contribution in [1.82, 2.24) is 10.2 Å². The molecule has 2 aromatic heterocycles. The average molecular weight is 697 g/mol. The molecule has 0 radical (unpaired) electrons. The number of thioether (sulfide) groups is 1. The Morgan fingerprint density at radius 1 is 0.860 bits per heavy atom. The number of rotatable bonds is 6. The molecule has 8 nitrogen and oxygen atoms in total. The van der Waals surface area contributed by atoms with Crippen molar-refractivity contribution in [3.8, 4) is 0 Å². The summed E-state index contributed by atoms with van der Waals surface area (Å²) in [6, 6.07) is 32.7. The number of fused-ring (bicyclic) bond motifs is 6. The van der Waals surface area contributed by atoms with Gasteiger partial charge in [0.2, 0.25) is 10.9 Å². The fourth-order valence-electron chi connectivity index (χ4n) is 7.08. The Labute approximate surface area is 292 Å². The number of aromatic nitrogens is 2. The number of halogens is 1. The van der Waals surface area contributed by atoms with Crippen LogP contribution in [0.4, 0.5) is 15.2 Å². The Kier molecular flexibility index (Phi) is 6.97. The number of carbonyl (C=O) groups is 2. The van der Waals surface area contributed by atoms with Crippen LogP contribution in [0.2, 0.25) is 0 Å². The van der Waals surface area contributed by atoms with Gasteiger partial charge in [0.15, 0.2) is 15.3 Å². The third-order valence-corrected chi connectivity index (χ3v) is 11.5. The Morgan fingerprint density at radius 3 is 2.50 bits per heavy atom. The first kappa shape index (κ1) is 30.4. The molecule has 5 aromatic carbocycles. The molecule has 0 bridgehead atoms. The zero-order valence-electron chi connectivity index (χ0n) is 26.4. The van der Waals surface area contributed by atoms with Gasteiger partial charge in [0, 0.05) is 11.3 Å². The van der Waals surface area contributed by atoms with Gasteiger partial charge in [-0.3, -0.25) is 19.3 Å². The molecule has 2 amide bonds. The van der Waals surface area contributed by atoms with Crippen LogP contribution in [0.15, 0.2) is 123 Å². The van der Waals surface area contributed by atoms with Crippen molar-refractivity contribution in [3.63, 3.8) is 0 Å². The summed E-state index contributed by atoms with van der Waals surface area (Å²) in [6.07, 6.45) is 0. The van der Waals surface area contributed by atoms with E-state index in [4.69, 9.17) is 4.42 Å².